The van der Waals surface area contributed by atoms with E-state index in [0.717, 1.165) is 11.8 Å². The first-order valence-corrected chi connectivity index (χ1v) is 8.08. The van der Waals surface area contributed by atoms with Gasteiger partial charge in [-0.05, 0) is 12.0 Å². The third kappa shape index (κ3) is 6.93. The zero-order chi connectivity index (χ0) is 14.3. The van der Waals surface area contributed by atoms with Crippen molar-refractivity contribution in [3.8, 4) is 0 Å². The van der Waals surface area contributed by atoms with Gasteiger partial charge in [0, 0.05) is 12.7 Å². The Morgan fingerprint density at radius 3 is 2.47 bits per heavy atom. The molecule has 1 rings (SSSR count). The second-order valence-corrected chi connectivity index (χ2v) is 6.78. The molecule has 1 atom stereocenters. The fourth-order valence-corrected chi connectivity index (χ4v) is 2.19. The van der Waals surface area contributed by atoms with Gasteiger partial charge in [0.15, 0.2) is 0 Å². The molecule has 0 spiro atoms. The lowest BCUT2D eigenvalue weighted by Crippen LogP contribution is -2.39. The van der Waals surface area contributed by atoms with Crippen molar-refractivity contribution >= 4 is 15.7 Å². The molecule has 0 aliphatic carbocycles. The highest BCUT2D eigenvalue weighted by molar-refractivity contribution is 7.90. The lowest BCUT2D eigenvalue weighted by molar-refractivity contribution is -0.121. The lowest BCUT2D eigenvalue weighted by atomic mass is 10.1. The number of sulfone groups is 1. The molecular weight excluding hydrogens is 266 g/mol. The van der Waals surface area contributed by atoms with Crippen LogP contribution in [0.2, 0.25) is 0 Å². The zero-order valence-electron chi connectivity index (χ0n) is 10.9. The van der Waals surface area contributed by atoms with E-state index in [9.17, 15) is 18.3 Å². The van der Waals surface area contributed by atoms with Gasteiger partial charge in [0.25, 0.3) is 0 Å². The van der Waals surface area contributed by atoms with E-state index in [1.54, 1.807) is 0 Å². The summed E-state index contributed by atoms with van der Waals surface area (Å²) in [5, 5.41) is 11.9. The highest BCUT2D eigenvalue weighted by Crippen LogP contribution is 2.03. The molecule has 0 saturated heterocycles. The number of carbonyl (C=O) groups is 1. The van der Waals surface area contributed by atoms with Crippen molar-refractivity contribution in [2.24, 2.45) is 0 Å². The molecule has 0 heterocycles. The first kappa shape index (κ1) is 15.7. The van der Waals surface area contributed by atoms with Crippen molar-refractivity contribution in [1.82, 2.24) is 5.32 Å². The fraction of sp³-hybridized carbons (Fsp3) is 0.462. The topological polar surface area (TPSA) is 83.5 Å². The minimum absolute atomic E-state index is 0.0792. The van der Waals surface area contributed by atoms with Crippen LogP contribution in [0.25, 0.3) is 0 Å². The quantitative estimate of drug-likeness (QED) is 0.746. The fourth-order valence-electron chi connectivity index (χ4n) is 1.64. The average Bonchev–Trinajstić information content (AvgIpc) is 2.36. The highest BCUT2D eigenvalue weighted by atomic mass is 32.2. The van der Waals surface area contributed by atoms with Gasteiger partial charge in [-0.15, -0.1) is 0 Å². The van der Waals surface area contributed by atoms with Crippen molar-refractivity contribution < 1.29 is 18.3 Å². The van der Waals surface area contributed by atoms with Gasteiger partial charge in [0.1, 0.15) is 9.84 Å². The molecule has 19 heavy (non-hydrogen) atoms. The molecule has 1 aromatic carbocycles. The Bertz CT molecular complexity index is 499. The SMILES string of the molecule is CS(=O)(=O)CCC(=O)N[C@H](CO)Cc1ccccc1. The first-order chi connectivity index (χ1) is 8.90. The number of hydrogen-bond acceptors (Lipinski definition) is 4. The molecule has 0 bridgehead atoms. The van der Waals surface area contributed by atoms with E-state index < -0.39 is 15.9 Å². The Balaban J connectivity index is 2.46. The summed E-state index contributed by atoms with van der Waals surface area (Å²) in [5.41, 5.74) is 1.00. The molecule has 0 saturated carbocycles. The predicted molar refractivity (Wildman–Crippen MR) is 73.5 cm³/mol. The van der Waals surface area contributed by atoms with E-state index >= 15 is 0 Å². The zero-order valence-corrected chi connectivity index (χ0v) is 11.7. The van der Waals surface area contributed by atoms with Crippen LogP contribution in [0.1, 0.15) is 12.0 Å². The largest absolute Gasteiger partial charge is 0.394 e. The molecule has 1 aromatic rings. The smallest absolute Gasteiger partial charge is 0.221 e. The number of amides is 1. The maximum atomic E-state index is 11.6. The third-order valence-electron chi connectivity index (χ3n) is 2.61. The molecule has 1 amide bonds. The Kier molecular flexibility index (Phi) is 5.98. The van der Waals surface area contributed by atoms with Gasteiger partial charge in [-0.2, -0.15) is 0 Å². The Hall–Kier alpha value is -1.40. The molecule has 6 heteroatoms. The van der Waals surface area contributed by atoms with Crippen LogP contribution in [0.4, 0.5) is 0 Å². The van der Waals surface area contributed by atoms with Gasteiger partial charge in [-0.3, -0.25) is 4.79 Å². The van der Waals surface area contributed by atoms with Crippen LogP contribution in [0.5, 0.6) is 0 Å². The monoisotopic (exact) mass is 285 g/mol. The van der Waals surface area contributed by atoms with Gasteiger partial charge in [0.05, 0.1) is 18.4 Å². The van der Waals surface area contributed by atoms with E-state index in [4.69, 9.17) is 0 Å². The number of rotatable bonds is 7. The first-order valence-electron chi connectivity index (χ1n) is 6.02. The van der Waals surface area contributed by atoms with E-state index in [0.29, 0.717) is 6.42 Å². The highest BCUT2D eigenvalue weighted by Gasteiger charge is 2.13. The second kappa shape index (κ2) is 7.25. The Morgan fingerprint density at radius 2 is 1.95 bits per heavy atom. The third-order valence-corrected chi connectivity index (χ3v) is 3.56. The summed E-state index contributed by atoms with van der Waals surface area (Å²) in [6.07, 6.45) is 1.53. The standard InChI is InChI=1S/C13H19NO4S/c1-19(17,18)8-7-13(16)14-12(10-15)9-11-5-3-2-4-6-11/h2-6,12,15H,7-10H2,1H3,(H,14,16)/t12-/m0/s1. The van der Waals surface area contributed by atoms with Crippen LogP contribution in [0.3, 0.4) is 0 Å². The number of aliphatic hydroxyl groups is 1. The Morgan fingerprint density at radius 1 is 1.32 bits per heavy atom. The summed E-state index contributed by atoms with van der Waals surface area (Å²) < 4.78 is 21.9. The van der Waals surface area contributed by atoms with Crippen LogP contribution in [0, 0.1) is 0 Å². The predicted octanol–water partition coefficient (Wildman–Crippen LogP) is 0.141. The van der Waals surface area contributed by atoms with Crippen molar-refractivity contribution in [3.63, 3.8) is 0 Å². The summed E-state index contributed by atoms with van der Waals surface area (Å²) in [6, 6.07) is 9.08. The van der Waals surface area contributed by atoms with Crippen LogP contribution in [-0.2, 0) is 21.1 Å². The second-order valence-electron chi connectivity index (χ2n) is 4.52. The van der Waals surface area contributed by atoms with Gasteiger partial charge in [-0.1, -0.05) is 30.3 Å². The van der Waals surface area contributed by atoms with E-state index in [2.05, 4.69) is 5.32 Å². The maximum absolute atomic E-state index is 11.6. The van der Waals surface area contributed by atoms with Crippen molar-refractivity contribution in [3.05, 3.63) is 35.9 Å². The number of hydrogen-bond donors (Lipinski definition) is 2. The van der Waals surface area contributed by atoms with Crippen LogP contribution >= 0.6 is 0 Å². The van der Waals surface area contributed by atoms with Crippen LogP contribution < -0.4 is 5.32 Å². The van der Waals surface area contributed by atoms with Crippen molar-refractivity contribution in [2.45, 2.75) is 18.9 Å². The molecular formula is C13H19NO4S. The van der Waals surface area contributed by atoms with Crippen molar-refractivity contribution in [1.29, 1.82) is 0 Å². The minimum Gasteiger partial charge on any atom is -0.394 e. The van der Waals surface area contributed by atoms with E-state index in [-0.39, 0.29) is 24.7 Å². The number of benzene rings is 1. The van der Waals surface area contributed by atoms with Crippen LogP contribution in [-0.4, -0.2) is 44.1 Å². The summed E-state index contributed by atoms with van der Waals surface area (Å²) in [7, 11) is -3.14. The minimum atomic E-state index is -3.14. The van der Waals surface area contributed by atoms with E-state index in [1.807, 2.05) is 30.3 Å². The molecule has 5 nitrogen and oxygen atoms in total. The molecule has 0 unspecified atom stereocenters. The normalized spacial score (nSPS) is 12.9. The summed E-state index contributed by atoms with van der Waals surface area (Å²) in [5.74, 6) is -0.539. The van der Waals surface area contributed by atoms with Gasteiger partial charge >= 0.3 is 0 Å². The van der Waals surface area contributed by atoms with E-state index in [1.165, 1.54) is 0 Å². The van der Waals surface area contributed by atoms with Gasteiger partial charge < -0.3 is 10.4 Å². The lowest BCUT2D eigenvalue weighted by Gasteiger charge is -2.16. The molecule has 0 radical (unpaired) electrons. The number of aliphatic hydroxyl groups excluding tert-OH is 1. The molecule has 2 N–H and O–H groups in total. The summed E-state index contributed by atoms with van der Waals surface area (Å²) in [6.45, 7) is -0.181. The van der Waals surface area contributed by atoms with Crippen molar-refractivity contribution in [2.75, 3.05) is 18.6 Å². The van der Waals surface area contributed by atoms with Gasteiger partial charge in [-0.25, -0.2) is 8.42 Å². The maximum Gasteiger partial charge on any atom is 0.221 e. The molecule has 0 aliphatic rings. The van der Waals surface area contributed by atoms with Crippen LogP contribution in [0.15, 0.2) is 30.3 Å². The Labute approximate surface area is 113 Å². The molecule has 0 fully saturated rings. The molecule has 0 aromatic heterocycles. The average molecular weight is 285 g/mol. The summed E-state index contributed by atoms with van der Waals surface area (Å²) in [4.78, 5) is 11.6. The summed E-state index contributed by atoms with van der Waals surface area (Å²) >= 11 is 0. The number of nitrogens with one attached hydrogen (secondary N) is 1. The number of carbonyl (C=O) groups excluding carboxylic acids is 1. The van der Waals surface area contributed by atoms with Gasteiger partial charge in [0.2, 0.25) is 5.91 Å². The molecule has 106 valence electrons. The molecule has 0 aliphatic heterocycles.